The number of ether oxygens (including phenoxy) is 1. The fraction of sp³-hybridized carbons (Fsp3) is 0.250. The van der Waals surface area contributed by atoms with Crippen LogP contribution in [0.2, 0.25) is 0 Å². The van der Waals surface area contributed by atoms with Crippen molar-refractivity contribution in [2.24, 2.45) is 0 Å². The van der Waals surface area contributed by atoms with Crippen molar-refractivity contribution >= 4 is 29.2 Å². The van der Waals surface area contributed by atoms with E-state index in [1.54, 1.807) is 31.4 Å². The lowest BCUT2D eigenvalue weighted by molar-refractivity contribution is 0.0638. The molecule has 3 rings (SSSR count). The molecule has 0 bridgehead atoms. The van der Waals surface area contributed by atoms with E-state index in [0.717, 1.165) is 5.56 Å². The summed E-state index contributed by atoms with van der Waals surface area (Å²) in [5, 5.41) is 5.41. The quantitative estimate of drug-likeness (QED) is 0.606. The number of imide groups is 1. The van der Waals surface area contributed by atoms with Gasteiger partial charge in [0.05, 0.1) is 11.1 Å². The number of aryl methyl sites for hydroxylation is 1. The number of urea groups is 1. The Hall–Kier alpha value is -3.19. The van der Waals surface area contributed by atoms with Crippen molar-refractivity contribution in [2.75, 3.05) is 30.9 Å². The van der Waals surface area contributed by atoms with E-state index in [1.807, 2.05) is 19.1 Å². The zero-order valence-electron chi connectivity index (χ0n) is 15.2. The molecule has 1 aliphatic heterocycles. The molecule has 2 aromatic carbocycles. The minimum atomic E-state index is -0.424. The molecule has 2 aromatic rings. The van der Waals surface area contributed by atoms with Crippen LogP contribution in [0.25, 0.3) is 0 Å². The summed E-state index contributed by atoms with van der Waals surface area (Å²) in [7, 11) is 1.57. The van der Waals surface area contributed by atoms with Crippen LogP contribution in [0.1, 0.15) is 32.7 Å². The van der Waals surface area contributed by atoms with E-state index < -0.39 is 6.03 Å². The Balaban J connectivity index is 1.68. The number of nitrogens with one attached hydrogen (secondary N) is 2. The Kier molecular flexibility index (Phi) is 5.52. The summed E-state index contributed by atoms with van der Waals surface area (Å²) in [6.07, 6.45) is 0.575. The van der Waals surface area contributed by atoms with Crippen LogP contribution in [0.4, 0.5) is 16.2 Å². The zero-order valence-corrected chi connectivity index (χ0v) is 15.2. The molecule has 7 nitrogen and oxygen atoms in total. The molecular weight excluding hydrogens is 346 g/mol. The van der Waals surface area contributed by atoms with Gasteiger partial charge in [-0.05, 0) is 43.7 Å². The second-order valence-electron chi connectivity index (χ2n) is 6.31. The van der Waals surface area contributed by atoms with Gasteiger partial charge in [-0.15, -0.1) is 0 Å². The van der Waals surface area contributed by atoms with Crippen molar-refractivity contribution in [3.8, 4) is 0 Å². The number of fused-ring (bicyclic) bond motifs is 1. The Bertz CT molecular complexity index is 877. The number of anilines is 2. The van der Waals surface area contributed by atoms with Crippen LogP contribution >= 0.6 is 0 Å². The van der Waals surface area contributed by atoms with E-state index in [1.165, 1.54) is 11.0 Å². The molecule has 1 heterocycles. The summed E-state index contributed by atoms with van der Waals surface area (Å²) < 4.78 is 4.96. The van der Waals surface area contributed by atoms with Crippen LogP contribution in [0.5, 0.6) is 0 Å². The first kappa shape index (κ1) is 18.6. The summed E-state index contributed by atoms with van der Waals surface area (Å²) in [6, 6.07) is 11.7. The van der Waals surface area contributed by atoms with Gasteiger partial charge in [0.25, 0.3) is 11.8 Å². The molecule has 0 fully saturated rings. The first-order valence-electron chi connectivity index (χ1n) is 8.63. The molecule has 0 radical (unpaired) electrons. The molecule has 7 heteroatoms. The Morgan fingerprint density at radius 3 is 2.30 bits per heavy atom. The maximum atomic E-state index is 12.5. The second-order valence-corrected chi connectivity index (χ2v) is 6.31. The number of carbonyl (C=O) groups is 3. The second kappa shape index (κ2) is 8.01. The lowest BCUT2D eigenvalue weighted by Gasteiger charge is -2.12. The summed E-state index contributed by atoms with van der Waals surface area (Å²) in [6.45, 7) is 2.74. The standard InChI is InChI=1S/C20H21N3O4/c1-13-4-6-14(7-5-13)21-20(26)22-15-8-9-16-17(12-15)19(25)23(18(16)24)10-3-11-27-2/h4-9,12H,3,10-11H2,1-2H3,(H2,21,22,26). The van der Waals surface area contributed by atoms with Crippen LogP contribution in [-0.2, 0) is 4.74 Å². The number of hydrogen-bond donors (Lipinski definition) is 2. The molecule has 140 valence electrons. The molecule has 0 aliphatic carbocycles. The highest BCUT2D eigenvalue weighted by Gasteiger charge is 2.35. The van der Waals surface area contributed by atoms with Crippen molar-refractivity contribution in [3.63, 3.8) is 0 Å². The van der Waals surface area contributed by atoms with E-state index in [2.05, 4.69) is 10.6 Å². The predicted molar refractivity (Wildman–Crippen MR) is 102 cm³/mol. The van der Waals surface area contributed by atoms with Crippen LogP contribution in [-0.4, -0.2) is 43.0 Å². The Labute approximate surface area is 157 Å². The lowest BCUT2D eigenvalue weighted by atomic mass is 10.1. The molecule has 2 N–H and O–H groups in total. The summed E-state index contributed by atoms with van der Waals surface area (Å²) in [4.78, 5) is 38.2. The average Bonchev–Trinajstić information content (AvgIpc) is 2.88. The van der Waals surface area contributed by atoms with Crippen LogP contribution in [0.3, 0.4) is 0 Å². The van der Waals surface area contributed by atoms with E-state index in [0.29, 0.717) is 42.1 Å². The predicted octanol–water partition coefficient (Wildman–Crippen LogP) is 3.27. The van der Waals surface area contributed by atoms with Gasteiger partial charge in [-0.3, -0.25) is 14.5 Å². The van der Waals surface area contributed by atoms with Crippen LogP contribution in [0, 0.1) is 6.92 Å². The van der Waals surface area contributed by atoms with Crippen LogP contribution < -0.4 is 10.6 Å². The maximum absolute atomic E-state index is 12.5. The van der Waals surface area contributed by atoms with Gasteiger partial charge in [-0.2, -0.15) is 0 Å². The molecule has 0 aromatic heterocycles. The fourth-order valence-electron chi connectivity index (χ4n) is 2.87. The lowest BCUT2D eigenvalue weighted by Crippen LogP contribution is -2.31. The monoisotopic (exact) mass is 367 g/mol. The number of benzene rings is 2. The van der Waals surface area contributed by atoms with Gasteiger partial charge in [-0.1, -0.05) is 17.7 Å². The van der Waals surface area contributed by atoms with Crippen molar-refractivity contribution in [1.29, 1.82) is 0 Å². The van der Waals surface area contributed by atoms with E-state index >= 15 is 0 Å². The first-order valence-corrected chi connectivity index (χ1v) is 8.63. The molecule has 0 spiro atoms. The number of hydrogen-bond acceptors (Lipinski definition) is 4. The van der Waals surface area contributed by atoms with Gasteiger partial charge in [0.1, 0.15) is 0 Å². The summed E-state index contributed by atoms with van der Waals surface area (Å²) in [5.41, 5.74) is 2.85. The summed E-state index contributed by atoms with van der Waals surface area (Å²) >= 11 is 0. The van der Waals surface area contributed by atoms with Gasteiger partial charge in [0.2, 0.25) is 0 Å². The number of amides is 4. The first-order chi connectivity index (χ1) is 13.0. The van der Waals surface area contributed by atoms with Gasteiger partial charge in [0, 0.05) is 31.6 Å². The molecule has 27 heavy (non-hydrogen) atoms. The van der Waals surface area contributed by atoms with Gasteiger partial charge in [-0.25, -0.2) is 4.79 Å². The van der Waals surface area contributed by atoms with Gasteiger partial charge >= 0.3 is 6.03 Å². The summed E-state index contributed by atoms with van der Waals surface area (Å²) in [5.74, 6) is -0.671. The normalized spacial score (nSPS) is 12.9. The Morgan fingerprint density at radius 1 is 0.963 bits per heavy atom. The highest BCUT2D eigenvalue weighted by Crippen LogP contribution is 2.26. The third kappa shape index (κ3) is 4.15. The molecule has 0 atom stereocenters. The number of rotatable bonds is 6. The molecule has 0 unspecified atom stereocenters. The average molecular weight is 367 g/mol. The van der Waals surface area contributed by atoms with Crippen molar-refractivity contribution in [3.05, 3.63) is 59.2 Å². The topological polar surface area (TPSA) is 87.7 Å². The van der Waals surface area contributed by atoms with Crippen molar-refractivity contribution in [2.45, 2.75) is 13.3 Å². The zero-order chi connectivity index (χ0) is 19.4. The maximum Gasteiger partial charge on any atom is 0.323 e. The number of nitrogens with zero attached hydrogens (tertiary/aromatic N) is 1. The van der Waals surface area contributed by atoms with E-state index in [-0.39, 0.29) is 11.8 Å². The van der Waals surface area contributed by atoms with E-state index in [9.17, 15) is 14.4 Å². The molecule has 0 saturated carbocycles. The Morgan fingerprint density at radius 2 is 1.59 bits per heavy atom. The minimum absolute atomic E-state index is 0.297. The molecule has 4 amide bonds. The highest BCUT2D eigenvalue weighted by molar-refractivity contribution is 6.22. The van der Waals surface area contributed by atoms with E-state index in [4.69, 9.17) is 4.74 Å². The van der Waals surface area contributed by atoms with Crippen molar-refractivity contribution in [1.82, 2.24) is 4.90 Å². The molecule has 0 saturated heterocycles. The van der Waals surface area contributed by atoms with Gasteiger partial charge < -0.3 is 15.4 Å². The molecular formula is C20H21N3O4. The largest absolute Gasteiger partial charge is 0.385 e. The third-order valence-corrected chi connectivity index (χ3v) is 4.27. The highest BCUT2D eigenvalue weighted by atomic mass is 16.5. The number of carbonyl (C=O) groups excluding carboxylic acids is 3. The van der Waals surface area contributed by atoms with Gasteiger partial charge in [0.15, 0.2) is 0 Å². The molecule has 1 aliphatic rings. The van der Waals surface area contributed by atoms with Crippen LogP contribution in [0.15, 0.2) is 42.5 Å². The third-order valence-electron chi connectivity index (χ3n) is 4.27. The SMILES string of the molecule is COCCCN1C(=O)c2ccc(NC(=O)Nc3ccc(C)cc3)cc2C1=O. The fourth-order valence-corrected chi connectivity index (χ4v) is 2.87. The number of methoxy groups -OCH3 is 1. The smallest absolute Gasteiger partial charge is 0.323 e. The van der Waals surface area contributed by atoms with Crippen molar-refractivity contribution < 1.29 is 19.1 Å². The minimum Gasteiger partial charge on any atom is -0.385 e.